The minimum atomic E-state index is -3.29. The van der Waals surface area contributed by atoms with Crippen molar-refractivity contribution in [1.82, 2.24) is 5.32 Å². The summed E-state index contributed by atoms with van der Waals surface area (Å²) in [6.45, 7) is 3.96. The molecule has 0 bridgehead atoms. The number of amides is 1. The highest BCUT2D eigenvalue weighted by Gasteiger charge is 2.26. The lowest BCUT2D eigenvalue weighted by atomic mass is 9.96. The van der Waals surface area contributed by atoms with Gasteiger partial charge in [-0.05, 0) is 31.9 Å². The van der Waals surface area contributed by atoms with Crippen LogP contribution in [0.4, 0.5) is 0 Å². The molecule has 1 amide bonds. The topological polar surface area (TPSA) is 89.3 Å². The number of nitrogens with two attached hydrogens (primary N) is 1. The Kier molecular flexibility index (Phi) is 8.66. The van der Waals surface area contributed by atoms with Crippen molar-refractivity contribution < 1.29 is 13.2 Å². The van der Waals surface area contributed by atoms with Gasteiger partial charge in [-0.2, -0.15) is 0 Å². The Labute approximate surface area is 139 Å². The summed E-state index contributed by atoms with van der Waals surface area (Å²) in [6.07, 6.45) is 1.79. The summed E-state index contributed by atoms with van der Waals surface area (Å²) in [7, 11) is -3.29. The van der Waals surface area contributed by atoms with Gasteiger partial charge in [-0.15, -0.1) is 12.4 Å². The summed E-state index contributed by atoms with van der Waals surface area (Å²) in [4.78, 5) is 12.2. The van der Waals surface area contributed by atoms with Crippen LogP contribution < -0.4 is 11.1 Å². The smallest absolute Gasteiger partial charge is 0.239 e. The maximum atomic E-state index is 12.0. The molecule has 1 aromatic carbocycles. The van der Waals surface area contributed by atoms with Gasteiger partial charge in [0.2, 0.25) is 5.91 Å². The van der Waals surface area contributed by atoms with Gasteiger partial charge in [0.15, 0.2) is 9.84 Å². The van der Waals surface area contributed by atoms with Gasteiger partial charge in [-0.25, -0.2) is 8.42 Å². The van der Waals surface area contributed by atoms with E-state index in [0.29, 0.717) is 24.3 Å². The fraction of sp³-hybridized carbons (Fsp3) is 0.533. The summed E-state index contributed by atoms with van der Waals surface area (Å²) < 4.78 is 24.1. The van der Waals surface area contributed by atoms with Crippen LogP contribution in [0, 0.1) is 0 Å². The van der Waals surface area contributed by atoms with E-state index in [0.717, 1.165) is 6.42 Å². The molecule has 22 heavy (non-hydrogen) atoms. The molecule has 1 atom stereocenters. The number of hydrogen-bond donors (Lipinski definition) is 2. The van der Waals surface area contributed by atoms with Gasteiger partial charge in [0.25, 0.3) is 0 Å². The molecule has 0 aliphatic carbocycles. The average molecular weight is 349 g/mol. The maximum absolute atomic E-state index is 12.0. The van der Waals surface area contributed by atoms with Crippen molar-refractivity contribution in [3.63, 3.8) is 0 Å². The standard InChI is InChI=1S/C15H24N2O3S.ClH/c1-3-10-15(2,16)14(18)17-11-7-12-21(19,20)13-8-5-4-6-9-13;/h4-6,8-9H,3,7,10-12,16H2,1-2H3,(H,17,18);1H. The number of sulfone groups is 1. The summed E-state index contributed by atoms with van der Waals surface area (Å²) in [5, 5.41) is 2.70. The van der Waals surface area contributed by atoms with Crippen LogP contribution in [0.15, 0.2) is 35.2 Å². The fourth-order valence-electron chi connectivity index (χ4n) is 2.04. The third-order valence-electron chi connectivity index (χ3n) is 3.27. The number of carbonyl (C=O) groups excluding carboxylic acids is 1. The molecule has 0 radical (unpaired) electrons. The van der Waals surface area contributed by atoms with E-state index in [1.54, 1.807) is 37.3 Å². The molecule has 126 valence electrons. The van der Waals surface area contributed by atoms with E-state index in [2.05, 4.69) is 5.32 Å². The van der Waals surface area contributed by atoms with Crippen molar-refractivity contribution in [2.45, 2.75) is 43.5 Å². The third-order valence-corrected chi connectivity index (χ3v) is 5.08. The molecular formula is C15H25ClN2O3S. The van der Waals surface area contributed by atoms with E-state index >= 15 is 0 Å². The van der Waals surface area contributed by atoms with Crippen LogP contribution in [0.5, 0.6) is 0 Å². The molecule has 0 heterocycles. The predicted molar refractivity (Wildman–Crippen MR) is 90.9 cm³/mol. The van der Waals surface area contributed by atoms with Gasteiger partial charge in [-0.1, -0.05) is 31.5 Å². The van der Waals surface area contributed by atoms with Gasteiger partial charge in [0.05, 0.1) is 16.2 Å². The van der Waals surface area contributed by atoms with Gasteiger partial charge in [0.1, 0.15) is 0 Å². The lowest BCUT2D eigenvalue weighted by Crippen LogP contribution is -2.51. The summed E-state index contributed by atoms with van der Waals surface area (Å²) in [6, 6.07) is 8.31. The number of halogens is 1. The normalized spacial score (nSPS) is 13.8. The van der Waals surface area contributed by atoms with Crippen molar-refractivity contribution in [2.75, 3.05) is 12.3 Å². The highest BCUT2D eigenvalue weighted by molar-refractivity contribution is 7.91. The third kappa shape index (κ3) is 6.34. The van der Waals surface area contributed by atoms with Crippen LogP contribution >= 0.6 is 12.4 Å². The first-order valence-electron chi connectivity index (χ1n) is 7.14. The number of carbonyl (C=O) groups is 1. The van der Waals surface area contributed by atoms with Crippen molar-refractivity contribution in [2.24, 2.45) is 5.73 Å². The molecule has 0 spiro atoms. The van der Waals surface area contributed by atoms with Crippen molar-refractivity contribution >= 4 is 28.2 Å². The SMILES string of the molecule is CCCC(C)(N)C(=O)NCCCS(=O)(=O)c1ccccc1.Cl. The summed E-state index contributed by atoms with van der Waals surface area (Å²) >= 11 is 0. The minimum absolute atomic E-state index is 0. The zero-order valence-electron chi connectivity index (χ0n) is 13.0. The Morgan fingerprint density at radius 2 is 1.86 bits per heavy atom. The first kappa shape index (κ1) is 20.9. The molecule has 5 nitrogen and oxygen atoms in total. The van der Waals surface area contributed by atoms with Crippen LogP contribution in [0.25, 0.3) is 0 Å². The molecule has 0 fully saturated rings. The van der Waals surface area contributed by atoms with Crippen molar-refractivity contribution in [3.05, 3.63) is 30.3 Å². The monoisotopic (exact) mass is 348 g/mol. The molecule has 7 heteroatoms. The van der Waals surface area contributed by atoms with Gasteiger partial charge >= 0.3 is 0 Å². The van der Waals surface area contributed by atoms with Crippen molar-refractivity contribution in [3.8, 4) is 0 Å². The quantitative estimate of drug-likeness (QED) is 0.702. The number of benzene rings is 1. The lowest BCUT2D eigenvalue weighted by Gasteiger charge is -2.22. The van der Waals surface area contributed by atoms with E-state index in [9.17, 15) is 13.2 Å². The number of nitrogens with one attached hydrogen (secondary N) is 1. The summed E-state index contributed by atoms with van der Waals surface area (Å²) in [5.41, 5.74) is 5.00. The highest BCUT2D eigenvalue weighted by atomic mass is 35.5. The van der Waals surface area contributed by atoms with E-state index in [1.165, 1.54) is 0 Å². The predicted octanol–water partition coefficient (Wildman–Crippen LogP) is 1.91. The van der Waals surface area contributed by atoms with Gasteiger partial charge in [0, 0.05) is 6.54 Å². The van der Waals surface area contributed by atoms with Crippen molar-refractivity contribution in [1.29, 1.82) is 0 Å². The molecule has 1 unspecified atom stereocenters. The molecule has 0 aromatic heterocycles. The largest absolute Gasteiger partial charge is 0.354 e. The minimum Gasteiger partial charge on any atom is -0.354 e. The Morgan fingerprint density at radius 3 is 2.41 bits per heavy atom. The Bertz CT molecular complexity index is 559. The Balaban J connectivity index is 0.00000441. The molecular weight excluding hydrogens is 324 g/mol. The van der Waals surface area contributed by atoms with Gasteiger partial charge < -0.3 is 11.1 Å². The second-order valence-corrected chi connectivity index (χ2v) is 7.52. The molecule has 1 rings (SSSR count). The lowest BCUT2D eigenvalue weighted by molar-refractivity contribution is -0.126. The van der Waals surface area contributed by atoms with E-state index in [4.69, 9.17) is 5.73 Å². The fourth-order valence-corrected chi connectivity index (χ4v) is 3.38. The van der Waals surface area contributed by atoms with Crippen LogP contribution in [-0.2, 0) is 14.6 Å². The Hall–Kier alpha value is -1.11. The zero-order valence-corrected chi connectivity index (χ0v) is 14.7. The van der Waals surface area contributed by atoms with Crippen LogP contribution in [0.1, 0.15) is 33.1 Å². The second kappa shape index (κ2) is 9.12. The molecule has 1 aromatic rings. The first-order chi connectivity index (χ1) is 9.79. The first-order valence-corrected chi connectivity index (χ1v) is 8.80. The van der Waals surface area contributed by atoms with Crippen LogP contribution in [0.2, 0.25) is 0 Å². The molecule has 0 aliphatic rings. The van der Waals surface area contributed by atoms with E-state index < -0.39 is 15.4 Å². The van der Waals surface area contributed by atoms with Crippen LogP contribution in [-0.4, -0.2) is 32.2 Å². The number of hydrogen-bond acceptors (Lipinski definition) is 4. The summed E-state index contributed by atoms with van der Waals surface area (Å²) in [5.74, 6) is -0.228. The van der Waals surface area contributed by atoms with E-state index in [1.807, 2.05) is 6.92 Å². The number of rotatable bonds is 8. The zero-order chi connectivity index (χ0) is 15.9. The average Bonchev–Trinajstić information content (AvgIpc) is 2.44. The highest BCUT2D eigenvalue weighted by Crippen LogP contribution is 2.11. The molecule has 0 saturated carbocycles. The second-order valence-electron chi connectivity index (χ2n) is 5.41. The van der Waals surface area contributed by atoms with Gasteiger partial charge in [-0.3, -0.25) is 4.79 Å². The maximum Gasteiger partial charge on any atom is 0.239 e. The van der Waals surface area contributed by atoms with Crippen LogP contribution in [0.3, 0.4) is 0 Å². The van der Waals surface area contributed by atoms with E-state index in [-0.39, 0.29) is 24.1 Å². The molecule has 0 saturated heterocycles. The Morgan fingerprint density at radius 1 is 1.27 bits per heavy atom. The molecule has 0 aliphatic heterocycles. The molecule has 3 N–H and O–H groups in total.